The summed E-state index contributed by atoms with van der Waals surface area (Å²) < 4.78 is 0. The van der Waals surface area contributed by atoms with Crippen molar-refractivity contribution in [2.45, 2.75) is 50.5 Å². The topological polar surface area (TPSA) is 49.3 Å². The fraction of sp³-hybridized carbons (Fsp3) is 0.450. The molecule has 1 saturated carbocycles. The van der Waals surface area contributed by atoms with Crippen LogP contribution in [0.3, 0.4) is 0 Å². The molecule has 1 aliphatic carbocycles. The van der Waals surface area contributed by atoms with E-state index in [1.54, 1.807) is 0 Å². The first kappa shape index (κ1) is 16.0. The summed E-state index contributed by atoms with van der Waals surface area (Å²) in [5.74, 6) is -0.0322. The van der Waals surface area contributed by atoms with Gasteiger partial charge >= 0.3 is 0 Å². The summed E-state index contributed by atoms with van der Waals surface area (Å²) in [4.78, 5) is 12.0. The van der Waals surface area contributed by atoms with Crippen LogP contribution in [0.15, 0.2) is 42.5 Å². The lowest BCUT2D eigenvalue weighted by Gasteiger charge is -2.31. The van der Waals surface area contributed by atoms with Crippen LogP contribution in [0.4, 0.5) is 0 Å². The molecule has 2 aromatic rings. The Balaban J connectivity index is 1.49. The first-order valence-corrected chi connectivity index (χ1v) is 8.61. The van der Waals surface area contributed by atoms with E-state index in [9.17, 15) is 9.90 Å². The normalized spacial score (nSPS) is 17.1. The Hall–Kier alpha value is -1.87. The highest BCUT2D eigenvalue weighted by atomic mass is 16.3. The first-order chi connectivity index (χ1) is 11.1. The molecule has 0 radical (unpaired) electrons. The number of hydrogen-bond donors (Lipinski definition) is 2. The fourth-order valence-electron chi connectivity index (χ4n) is 3.49. The van der Waals surface area contributed by atoms with E-state index >= 15 is 0 Å². The van der Waals surface area contributed by atoms with Gasteiger partial charge in [0, 0.05) is 6.54 Å². The maximum Gasteiger partial charge on any atom is 0.222 e. The highest BCUT2D eigenvalue weighted by Crippen LogP contribution is 2.30. The number of amides is 1. The molecule has 0 spiro atoms. The zero-order chi connectivity index (χ0) is 16.1. The molecule has 3 nitrogen and oxygen atoms in total. The van der Waals surface area contributed by atoms with Crippen molar-refractivity contribution >= 4 is 16.7 Å². The molecule has 1 aliphatic rings. The molecule has 0 bridgehead atoms. The molecule has 0 heterocycles. The maximum absolute atomic E-state index is 12.0. The lowest BCUT2D eigenvalue weighted by atomic mass is 9.82. The van der Waals surface area contributed by atoms with E-state index in [0.29, 0.717) is 6.54 Å². The standard InChI is InChI=1S/C20H25NO2/c22-19(15-20(23)11-4-1-5-12-20)21-13-10-16-8-9-17-6-2-3-7-18(17)14-16/h2-3,6-9,14,23H,1,4-5,10-13,15H2,(H,21,22). The quantitative estimate of drug-likeness (QED) is 0.886. The number of carbonyl (C=O) groups is 1. The Morgan fingerprint density at radius 2 is 1.78 bits per heavy atom. The van der Waals surface area contributed by atoms with Gasteiger partial charge in [0.2, 0.25) is 5.91 Å². The van der Waals surface area contributed by atoms with Gasteiger partial charge in [0.15, 0.2) is 0 Å². The van der Waals surface area contributed by atoms with Crippen LogP contribution in [-0.4, -0.2) is 23.2 Å². The monoisotopic (exact) mass is 311 g/mol. The molecule has 23 heavy (non-hydrogen) atoms. The molecule has 0 saturated heterocycles. The molecular weight excluding hydrogens is 286 g/mol. The van der Waals surface area contributed by atoms with Crippen LogP contribution in [0.1, 0.15) is 44.1 Å². The highest BCUT2D eigenvalue weighted by Gasteiger charge is 2.31. The fourth-order valence-corrected chi connectivity index (χ4v) is 3.49. The van der Waals surface area contributed by atoms with E-state index in [4.69, 9.17) is 0 Å². The van der Waals surface area contributed by atoms with Gasteiger partial charge in [-0.3, -0.25) is 4.79 Å². The Kier molecular flexibility index (Phi) is 4.97. The van der Waals surface area contributed by atoms with E-state index < -0.39 is 5.60 Å². The molecule has 0 aliphatic heterocycles. The minimum Gasteiger partial charge on any atom is -0.389 e. The predicted molar refractivity (Wildman–Crippen MR) is 93.3 cm³/mol. The summed E-state index contributed by atoms with van der Waals surface area (Å²) in [6.45, 7) is 0.618. The van der Waals surface area contributed by atoms with Crippen molar-refractivity contribution in [3.8, 4) is 0 Å². The zero-order valence-corrected chi connectivity index (χ0v) is 13.6. The Morgan fingerprint density at radius 3 is 2.57 bits per heavy atom. The maximum atomic E-state index is 12.0. The number of rotatable bonds is 5. The van der Waals surface area contributed by atoms with Gasteiger partial charge in [0.25, 0.3) is 0 Å². The molecule has 2 aromatic carbocycles. The third-order valence-corrected chi connectivity index (χ3v) is 4.82. The molecule has 1 fully saturated rings. The van der Waals surface area contributed by atoms with Gasteiger partial charge in [-0.1, -0.05) is 61.7 Å². The predicted octanol–water partition coefficient (Wildman–Crippen LogP) is 3.58. The summed E-state index contributed by atoms with van der Waals surface area (Å²) >= 11 is 0. The number of benzene rings is 2. The second kappa shape index (κ2) is 7.14. The van der Waals surface area contributed by atoms with E-state index in [1.807, 2.05) is 12.1 Å². The van der Waals surface area contributed by atoms with E-state index in [1.165, 1.54) is 22.8 Å². The van der Waals surface area contributed by atoms with Gasteiger partial charge in [0.1, 0.15) is 0 Å². The molecule has 2 N–H and O–H groups in total. The first-order valence-electron chi connectivity index (χ1n) is 8.61. The largest absolute Gasteiger partial charge is 0.389 e. The van der Waals surface area contributed by atoms with Crippen LogP contribution < -0.4 is 5.32 Å². The smallest absolute Gasteiger partial charge is 0.222 e. The Labute approximate surface area is 137 Å². The number of aliphatic hydroxyl groups is 1. The van der Waals surface area contributed by atoms with Crippen LogP contribution in [0.5, 0.6) is 0 Å². The van der Waals surface area contributed by atoms with Gasteiger partial charge in [-0.25, -0.2) is 0 Å². The van der Waals surface area contributed by atoms with Crippen LogP contribution in [-0.2, 0) is 11.2 Å². The lowest BCUT2D eigenvalue weighted by Crippen LogP contribution is -2.38. The number of hydrogen-bond acceptors (Lipinski definition) is 2. The third kappa shape index (κ3) is 4.32. The lowest BCUT2D eigenvalue weighted by molar-refractivity contribution is -0.127. The summed E-state index contributed by atoms with van der Waals surface area (Å²) in [6, 6.07) is 14.7. The van der Waals surface area contributed by atoms with Crippen molar-refractivity contribution in [3.05, 3.63) is 48.0 Å². The highest BCUT2D eigenvalue weighted by molar-refractivity contribution is 5.83. The van der Waals surface area contributed by atoms with Gasteiger partial charge in [-0.05, 0) is 35.6 Å². The molecule has 122 valence electrons. The van der Waals surface area contributed by atoms with Gasteiger partial charge in [-0.2, -0.15) is 0 Å². The van der Waals surface area contributed by atoms with Crippen LogP contribution in [0, 0.1) is 0 Å². The molecule has 1 amide bonds. The summed E-state index contributed by atoms with van der Waals surface area (Å²) in [5.41, 5.74) is 0.450. The second-order valence-electron chi connectivity index (χ2n) is 6.74. The van der Waals surface area contributed by atoms with Crippen molar-refractivity contribution in [1.29, 1.82) is 0 Å². The molecule has 0 unspecified atom stereocenters. The molecule has 3 heteroatoms. The minimum absolute atomic E-state index is 0.0322. The van der Waals surface area contributed by atoms with Gasteiger partial charge in [0.05, 0.1) is 12.0 Å². The number of carbonyl (C=O) groups excluding carboxylic acids is 1. The number of fused-ring (bicyclic) bond motifs is 1. The summed E-state index contributed by atoms with van der Waals surface area (Å²) in [5, 5.41) is 15.8. The van der Waals surface area contributed by atoms with Crippen molar-refractivity contribution in [2.75, 3.05) is 6.54 Å². The second-order valence-corrected chi connectivity index (χ2v) is 6.74. The Morgan fingerprint density at radius 1 is 1.04 bits per heavy atom. The summed E-state index contributed by atoms with van der Waals surface area (Å²) in [7, 11) is 0. The van der Waals surface area contributed by atoms with Crippen molar-refractivity contribution in [1.82, 2.24) is 5.32 Å². The Bertz CT molecular complexity index is 674. The van der Waals surface area contributed by atoms with Crippen molar-refractivity contribution in [2.24, 2.45) is 0 Å². The van der Waals surface area contributed by atoms with E-state index in [0.717, 1.165) is 32.1 Å². The van der Waals surface area contributed by atoms with Crippen molar-refractivity contribution < 1.29 is 9.90 Å². The summed E-state index contributed by atoms with van der Waals surface area (Å²) in [6.07, 6.45) is 5.80. The van der Waals surface area contributed by atoms with Gasteiger partial charge < -0.3 is 10.4 Å². The van der Waals surface area contributed by atoms with E-state index in [-0.39, 0.29) is 12.3 Å². The average molecular weight is 311 g/mol. The van der Waals surface area contributed by atoms with E-state index in [2.05, 4.69) is 35.6 Å². The molecule has 0 aromatic heterocycles. The molecule has 0 atom stereocenters. The van der Waals surface area contributed by atoms with Crippen LogP contribution in [0.25, 0.3) is 10.8 Å². The molecule has 3 rings (SSSR count). The third-order valence-electron chi connectivity index (χ3n) is 4.82. The minimum atomic E-state index is -0.773. The molecular formula is C20H25NO2. The SMILES string of the molecule is O=C(CC1(O)CCCCC1)NCCc1ccc2ccccc2c1. The zero-order valence-electron chi connectivity index (χ0n) is 13.6. The van der Waals surface area contributed by atoms with Crippen LogP contribution in [0.2, 0.25) is 0 Å². The number of nitrogens with one attached hydrogen (secondary N) is 1. The van der Waals surface area contributed by atoms with Crippen molar-refractivity contribution in [3.63, 3.8) is 0 Å². The van der Waals surface area contributed by atoms with Gasteiger partial charge in [-0.15, -0.1) is 0 Å². The van der Waals surface area contributed by atoms with Crippen LogP contribution >= 0.6 is 0 Å². The average Bonchev–Trinajstić information content (AvgIpc) is 2.55.